The molecule has 0 radical (unpaired) electrons. The van der Waals surface area contributed by atoms with Crippen LogP contribution >= 0.6 is 0 Å². The van der Waals surface area contributed by atoms with Gasteiger partial charge in [0, 0.05) is 6.42 Å². The number of hydrogen-bond acceptors (Lipinski definition) is 2. The second-order valence-corrected chi connectivity index (χ2v) is 9.16. The van der Waals surface area contributed by atoms with Crippen molar-refractivity contribution >= 4 is 5.78 Å². The summed E-state index contributed by atoms with van der Waals surface area (Å²) in [6.45, 7) is 7.17. The molecule has 0 heterocycles. The largest absolute Gasteiger partial charge is 0.393 e. The van der Waals surface area contributed by atoms with E-state index in [2.05, 4.69) is 20.8 Å². The van der Waals surface area contributed by atoms with Gasteiger partial charge < -0.3 is 5.11 Å². The topological polar surface area (TPSA) is 37.3 Å². The summed E-state index contributed by atoms with van der Waals surface area (Å²) < 4.78 is 0. The van der Waals surface area contributed by atoms with Gasteiger partial charge in [-0.05, 0) is 79.1 Å². The standard InChI is InChI=1S/C20H30O2/c1-12-10-13-11-14(21)6-8-19(13,2)16-7-9-20(3)15(18(12)16)4-5-17(20)22/h11-12,15-18,22H,4-10H2,1-3H3/t12?,15-,16+,17?,18-,19-,20-/m0/s1. The van der Waals surface area contributed by atoms with E-state index >= 15 is 0 Å². The van der Waals surface area contributed by atoms with Crippen LogP contribution in [0.3, 0.4) is 0 Å². The van der Waals surface area contributed by atoms with Gasteiger partial charge in [-0.1, -0.05) is 26.3 Å². The first-order valence-corrected chi connectivity index (χ1v) is 9.28. The third-order valence-electron chi connectivity index (χ3n) is 8.26. The Labute approximate surface area is 134 Å². The second-order valence-electron chi connectivity index (χ2n) is 9.16. The van der Waals surface area contributed by atoms with E-state index in [1.165, 1.54) is 24.8 Å². The van der Waals surface area contributed by atoms with Crippen LogP contribution in [0.5, 0.6) is 0 Å². The molecular formula is C20H30O2. The number of aliphatic hydroxyl groups is 1. The van der Waals surface area contributed by atoms with Crippen molar-refractivity contribution in [1.29, 1.82) is 0 Å². The van der Waals surface area contributed by atoms with E-state index in [-0.39, 0.29) is 16.9 Å². The van der Waals surface area contributed by atoms with Crippen LogP contribution in [-0.4, -0.2) is 17.0 Å². The lowest BCUT2D eigenvalue weighted by Crippen LogP contribution is -2.53. The van der Waals surface area contributed by atoms with Crippen LogP contribution in [0.25, 0.3) is 0 Å². The van der Waals surface area contributed by atoms with Gasteiger partial charge in [0.2, 0.25) is 0 Å². The van der Waals surface area contributed by atoms with Gasteiger partial charge in [0.25, 0.3) is 0 Å². The number of aliphatic hydroxyl groups excluding tert-OH is 1. The lowest BCUT2D eigenvalue weighted by molar-refractivity contribution is -0.119. The summed E-state index contributed by atoms with van der Waals surface area (Å²) >= 11 is 0. The monoisotopic (exact) mass is 302 g/mol. The minimum atomic E-state index is -0.0941. The van der Waals surface area contributed by atoms with Gasteiger partial charge in [-0.25, -0.2) is 0 Å². The number of hydrogen-bond donors (Lipinski definition) is 1. The third-order valence-corrected chi connectivity index (χ3v) is 8.26. The highest BCUT2D eigenvalue weighted by Crippen LogP contribution is 2.66. The van der Waals surface area contributed by atoms with E-state index in [9.17, 15) is 9.90 Å². The van der Waals surface area contributed by atoms with Gasteiger partial charge in [0.15, 0.2) is 5.78 Å². The molecule has 22 heavy (non-hydrogen) atoms. The summed E-state index contributed by atoms with van der Waals surface area (Å²) in [5.74, 6) is 3.15. The quantitative estimate of drug-likeness (QED) is 0.730. The molecule has 2 unspecified atom stereocenters. The molecule has 3 fully saturated rings. The molecule has 122 valence electrons. The van der Waals surface area contributed by atoms with Gasteiger partial charge in [-0.3, -0.25) is 4.79 Å². The molecular weight excluding hydrogens is 272 g/mol. The molecule has 3 saturated carbocycles. The zero-order chi connectivity index (χ0) is 15.7. The van der Waals surface area contributed by atoms with Crippen LogP contribution in [0.2, 0.25) is 0 Å². The third kappa shape index (κ3) is 1.79. The first-order valence-electron chi connectivity index (χ1n) is 9.28. The summed E-state index contributed by atoms with van der Waals surface area (Å²) in [6, 6.07) is 0. The normalized spacial score (nSPS) is 54.3. The van der Waals surface area contributed by atoms with E-state index in [1.54, 1.807) is 0 Å². The average molecular weight is 302 g/mol. The maximum absolute atomic E-state index is 11.9. The predicted molar refractivity (Wildman–Crippen MR) is 87.3 cm³/mol. The Morgan fingerprint density at radius 2 is 1.91 bits per heavy atom. The van der Waals surface area contributed by atoms with Crippen molar-refractivity contribution in [1.82, 2.24) is 0 Å². The van der Waals surface area contributed by atoms with Crippen molar-refractivity contribution in [2.75, 3.05) is 0 Å². The zero-order valence-electron chi connectivity index (χ0n) is 14.3. The van der Waals surface area contributed by atoms with Gasteiger partial charge in [0.05, 0.1) is 6.10 Å². The molecule has 0 aromatic carbocycles. The zero-order valence-corrected chi connectivity index (χ0v) is 14.3. The van der Waals surface area contributed by atoms with Gasteiger partial charge in [-0.15, -0.1) is 0 Å². The Kier molecular flexibility index (Phi) is 3.18. The van der Waals surface area contributed by atoms with Crippen molar-refractivity contribution in [2.45, 2.75) is 71.8 Å². The first kappa shape index (κ1) is 14.9. The molecule has 2 nitrogen and oxygen atoms in total. The van der Waals surface area contributed by atoms with Crippen molar-refractivity contribution in [3.05, 3.63) is 11.6 Å². The Bertz CT molecular complexity index is 536. The molecule has 0 aliphatic heterocycles. The van der Waals surface area contributed by atoms with Crippen molar-refractivity contribution < 1.29 is 9.90 Å². The van der Waals surface area contributed by atoms with Gasteiger partial charge in [0.1, 0.15) is 0 Å². The maximum Gasteiger partial charge on any atom is 0.155 e. The summed E-state index contributed by atoms with van der Waals surface area (Å²) in [4.78, 5) is 11.9. The summed E-state index contributed by atoms with van der Waals surface area (Å²) in [5, 5.41) is 10.5. The fraction of sp³-hybridized carbons (Fsp3) is 0.850. The molecule has 2 heteroatoms. The van der Waals surface area contributed by atoms with E-state index in [1.807, 2.05) is 6.08 Å². The van der Waals surface area contributed by atoms with Crippen molar-refractivity contribution in [3.8, 4) is 0 Å². The Hall–Kier alpha value is -0.630. The van der Waals surface area contributed by atoms with E-state index < -0.39 is 0 Å². The van der Waals surface area contributed by atoms with Gasteiger partial charge >= 0.3 is 0 Å². The van der Waals surface area contributed by atoms with E-state index in [0.717, 1.165) is 37.5 Å². The fourth-order valence-electron chi connectivity index (χ4n) is 6.88. The number of allylic oxidation sites excluding steroid dienone is 1. The number of rotatable bonds is 0. The van der Waals surface area contributed by atoms with Crippen molar-refractivity contribution in [3.63, 3.8) is 0 Å². The smallest absolute Gasteiger partial charge is 0.155 e. The van der Waals surface area contributed by atoms with Crippen LogP contribution in [0.1, 0.15) is 65.7 Å². The molecule has 7 atom stereocenters. The maximum atomic E-state index is 11.9. The summed E-state index contributed by atoms with van der Waals surface area (Å²) in [6.07, 6.45) is 9.40. The highest BCUT2D eigenvalue weighted by molar-refractivity contribution is 5.91. The average Bonchev–Trinajstić information content (AvgIpc) is 2.77. The molecule has 0 bridgehead atoms. The van der Waals surface area contributed by atoms with Gasteiger partial charge in [-0.2, -0.15) is 0 Å². The molecule has 0 saturated heterocycles. The lowest BCUT2D eigenvalue weighted by Gasteiger charge is -2.59. The number of carbonyl (C=O) groups is 1. The molecule has 4 aliphatic carbocycles. The summed E-state index contributed by atoms with van der Waals surface area (Å²) in [7, 11) is 0. The predicted octanol–water partition coefficient (Wildman–Crippen LogP) is 4.13. The van der Waals surface area contributed by atoms with Crippen LogP contribution in [0.15, 0.2) is 11.6 Å². The first-order chi connectivity index (χ1) is 10.4. The molecule has 1 N–H and O–H groups in total. The Morgan fingerprint density at radius 3 is 2.68 bits per heavy atom. The summed E-state index contributed by atoms with van der Waals surface area (Å²) in [5.41, 5.74) is 1.84. The highest BCUT2D eigenvalue weighted by Gasteiger charge is 2.60. The minimum absolute atomic E-state index is 0.0941. The van der Waals surface area contributed by atoms with E-state index in [0.29, 0.717) is 17.6 Å². The van der Waals surface area contributed by atoms with E-state index in [4.69, 9.17) is 0 Å². The lowest BCUT2D eigenvalue weighted by atomic mass is 9.45. The van der Waals surface area contributed by atoms with Crippen LogP contribution < -0.4 is 0 Å². The minimum Gasteiger partial charge on any atom is -0.393 e. The molecule has 0 aromatic heterocycles. The highest BCUT2D eigenvalue weighted by atomic mass is 16.3. The second kappa shape index (κ2) is 4.69. The van der Waals surface area contributed by atoms with Crippen LogP contribution in [0, 0.1) is 34.5 Å². The number of fused-ring (bicyclic) bond motifs is 5. The molecule has 0 spiro atoms. The fourth-order valence-corrected chi connectivity index (χ4v) is 6.88. The Morgan fingerprint density at radius 1 is 1.14 bits per heavy atom. The number of carbonyl (C=O) groups excluding carboxylic acids is 1. The van der Waals surface area contributed by atoms with Crippen LogP contribution in [-0.2, 0) is 4.79 Å². The SMILES string of the molecule is CC1CC2=CC(=O)CC[C@]2(C)[C@@H]2CC[C@]3(C)C(O)CC[C@H]3[C@H]12. The Balaban J connectivity index is 1.74. The molecule has 4 rings (SSSR count). The van der Waals surface area contributed by atoms with Crippen molar-refractivity contribution in [2.24, 2.45) is 34.5 Å². The molecule has 0 amide bonds. The van der Waals surface area contributed by atoms with Crippen LogP contribution in [0.4, 0.5) is 0 Å². The molecule has 4 aliphatic rings. The molecule has 0 aromatic rings. The number of ketones is 1.